The van der Waals surface area contributed by atoms with E-state index in [0.29, 0.717) is 17.9 Å². The Labute approximate surface area is 122 Å². The largest absolute Gasteiger partial charge is 0.324 e. The third kappa shape index (κ3) is 5.26. The highest BCUT2D eigenvalue weighted by Crippen LogP contribution is 2.25. The molecule has 3 nitrogen and oxygen atoms in total. The van der Waals surface area contributed by atoms with Crippen LogP contribution < -0.4 is 5.73 Å². The van der Waals surface area contributed by atoms with Gasteiger partial charge in [0.1, 0.15) is 9.84 Å². The Morgan fingerprint density at radius 1 is 1.39 bits per heavy atom. The summed E-state index contributed by atoms with van der Waals surface area (Å²) in [5.74, 6) is 0.379. The highest BCUT2D eigenvalue weighted by molar-refractivity contribution is 9.10. The first-order valence-corrected chi connectivity index (χ1v) is 8.75. The zero-order valence-corrected chi connectivity index (χ0v) is 13.4. The summed E-state index contributed by atoms with van der Waals surface area (Å²) in [5, 5.41) is 0.621. The molecule has 2 N–H and O–H groups in total. The van der Waals surface area contributed by atoms with Crippen molar-refractivity contribution in [3.63, 3.8) is 0 Å². The molecule has 0 aliphatic rings. The number of rotatable bonds is 6. The van der Waals surface area contributed by atoms with Crippen LogP contribution in [0.2, 0.25) is 5.02 Å². The molecular weight excluding hydrogens is 338 g/mol. The van der Waals surface area contributed by atoms with Gasteiger partial charge in [-0.3, -0.25) is 0 Å². The van der Waals surface area contributed by atoms with Crippen molar-refractivity contribution in [2.24, 2.45) is 5.73 Å². The van der Waals surface area contributed by atoms with Gasteiger partial charge in [-0.1, -0.05) is 34.5 Å². The molecular formula is C12H17BrClNO2S. The minimum atomic E-state index is -2.90. The lowest BCUT2D eigenvalue weighted by molar-refractivity contribution is 0.584. The Hall–Kier alpha value is -0.100. The van der Waals surface area contributed by atoms with Gasteiger partial charge in [0.25, 0.3) is 0 Å². The van der Waals surface area contributed by atoms with E-state index in [-0.39, 0.29) is 17.5 Å². The molecule has 6 heteroatoms. The smallest absolute Gasteiger partial charge is 0.150 e. The Morgan fingerprint density at radius 3 is 2.61 bits per heavy atom. The van der Waals surface area contributed by atoms with Gasteiger partial charge in [0.2, 0.25) is 0 Å². The summed E-state index contributed by atoms with van der Waals surface area (Å²) < 4.78 is 23.6. The van der Waals surface area contributed by atoms with Gasteiger partial charge in [-0.25, -0.2) is 8.42 Å². The minimum absolute atomic E-state index is 0.185. The summed E-state index contributed by atoms with van der Waals surface area (Å²) >= 11 is 9.30. The first kappa shape index (κ1) is 16.0. The molecule has 0 bridgehead atoms. The second-order valence-electron chi connectivity index (χ2n) is 4.19. The molecule has 1 aromatic rings. The predicted octanol–water partition coefficient (Wildman–Crippen LogP) is 3.32. The molecule has 0 aromatic heterocycles. The second-order valence-corrected chi connectivity index (χ2v) is 8.01. The summed E-state index contributed by atoms with van der Waals surface area (Å²) in [7, 11) is -2.90. The number of nitrogens with two attached hydrogens (primary N) is 1. The molecule has 0 heterocycles. The molecule has 1 aromatic carbocycles. The zero-order chi connectivity index (χ0) is 13.8. The minimum Gasteiger partial charge on any atom is -0.324 e. The summed E-state index contributed by atoms with van der Waals surface area (Å²) in [6.45, 7) is 1.66. The van der Waals surface area contributed by atoms with E-state index in [4.69, 9.17) is 17.3 Å². The van der Waals surface area contributed by atoms with E-state index in [1.165, 1.54) is 0 Å². The van der Waals surface area contributed by atoms with Gasteiger partial charge in [0.15, 0.2) is 0 Å². The Morgan fingerprint density at radius 2 is 2.06 bits per heavy atom. The monoisotopic (exact) mass is 353 g/mol. The Kier molecular flexibility index (Phi) is 6.11. The van der Waals surface area contributed by atoms with Crippen LogP contribution in [0.15, 0.2) is 22.7 Å². The number of benzene rings is 1. The first-order chi connectivity index (χ1) is 8.34. The van der Waals surface area contributed by atoms with Gasteiger partial charge in [-0.05, 0) is 36.6 Å². The predicted molar refractivity (Wildman–Crippen MR) is 79.6 cm³/mol. The van der Waals surface area contributed by atoms with Crippen LogP contribution >= 0.6 is 27.5 Å². The molecule has 102 valence electrons. The van der Waals surface area contributed by atoms with Gasteiger partial charge in [-0.2, -0.15) is 0 Å². The maximum Gasteiger partial charge on any atom is 0.150 e. The van der Waals surface area contributed by atoms with Crippen LogP contribution in [-0.4, -0.2) is 19.9 Å². The number of hydrogen-bond donors (Lipinski definition) is 1. The fourth-order valence-corrected chi connectivity index (χ4v) is 3.40. The first-order valence-electron chi connectivity index (χ1n) is 5.76. The lowest BCUT2D eigenvalue weighted by atomic mass is 10.0. The van der Waals surface area contributed by atoms with E-state index < -0.39 is 9.84 Å². The van der Waals surface area contributed by atoms with Crippen LogP contribution in [0, 0.1) is 0 Å². The molecule has 0 spiro atoms. The second kappa shape index (κ2) is 6.89. The highest BCUT2D eigenvalue weighted by atomic mass is 79.9. The van der Waals surface area contributed by atoms with Crippen LogP contribution in [0.5, 0.6) is 0 Å². The molecule has 0 aliphatic carbocycles. The third-order valence-corrected chi connectivity index (χ3v) is 5.19. The number of hydrogen-bond acceptors (Lipinski definition) is 3. The van der Waals surface area contributed by atoms with Crippen molar-refractivity contribution in [2.75, 3.05) is 11.5 Å². The van der Waals surface area contributed by atoms with Crippen LogP contribution in [-0.2, 0) is 9.84 Å². The summed E-state index contributed by atoms with van der Waals surface area (Å²) in [5.41, 5.74) is 6.95. The summed E-state index contributed by atoms with van der Waals surface area (Å²) in [4.78, 5) is 0. The van der Waals surface area contributed by atoms with E-state index in [9.17, 15) is 8.42 Å². The van der Waals surface area contributed by atoms with Crippen LogP contribution in [0.1, 0.15) is 31.4 Å². The fourth-order valence-electron chi connectivity index (χ4n) is 1.62. The maximum atomic E-state index is 11.4. The van der Waals surface area contributed by atoms with Crippen molar-refractivity contribution >= 4 is 37.4 Å². The van der Waals surface area contributed by atoms with Crippen LogP contribution in [0.3, 0.4) is 0 Å². The normalized spacial score (nSPS) is 13.6. The van der Waals surface area contributed by atoms with Crippen molar-refractivity contribution in [3.8, 4) is 0 Å². The number of sulfone groups is 1. The lowest BCUT2D eigenvalue weighted by Crippen LogP contribution is -2.14. The van der Waals surface area contributed by atoms with Crippen LogP contribution in [0.25, 0.3) is 0 Å². The Balaban J connectivity index is 2.58. The highest BCUT2D eigenvalue weighted by Gasteiger charge is 2.11. The maximum absolute atomic E-state index is 11.4. The molecule has 1 atom stereocenters. The third-order valence-electron chi connectivity index (χ3n) is 2.72. The van der Waals surface area contributed by atoms with Crippen molar-refractivity contribution in [2.45, 2.75) is 25.8 Å². The molecule has 0 saturated carbocycles. The van der Waals surface area contributed by atoms with Gasteiger partial charge in [-0.15, -0.1) is 0 Å². The molecule has 0 amide bonds. The van der Waals surface area contributed by atoms with Crippen molar-refractivity contribution in [1.29, 1.82) is 0 Å². The van der Waals surface area contributed by atoms with Gasteiger partial charge < -0.3 is 5.73 Å². The lowest BCUT2D eigenvalue weighted by Gasteiger charge is -2.12. The van der Waals surface area contributed by atoms with Crippen molar-refractivity contribution < 1.29 is 8.42 Å². The Bertz CT molecular complexity index is 485. The summed E-state index contributed by atoms with van der Waals surface area (Å²) in [6.07, 6.45) is 1.20. The molecule has 0 radical (unpaired) electrons. The topological polar surface area (TPSA) is 60.2 Å². The number of halogens is 2. The molecule has 0 saturated heterocycles. The van der Waals surface area contributed by atoms with Crippen molar-refractivity contribution in [3.05, 3.63) is 33.3 Å². The van der Waals surface area contributed by atoms with E-state index in [1.807, 2.05) is 12.1 Å². The molecule has 1 rings (SSSR count). The van der Waals surface area contributed by atoms with E-state index in [1.54, 1.807) is 13.0 Å². The van der Waals surface area contributed by atoms with E-state index in [2.05, 4.69) is 15.9 Å². The average molecular weight is 355 g/mol. The molecule has 18 heavy (non-hydrogen) atoms. The molecule has 0 aliphatic heterocycles. The van der Waals surface area contributed by atoms with Gasteiger partial charge in [0.05, 0.1) is 5.75 Å². The average Bonchev–Trinajstić information content (AvgIpc) is 2.27. The molecule has 1 unspecified atom stereocenters. The molecule has 0 fully saturated rings. The van der Waals surface area contributed by atoms with Crippen LogP contribution in [0.4, 0.5) is 0 Å². The van der Waals surface area contributed by atoms with Gasteiger partial charge >= 0.3 is 0 Å². The zero-order valence-electron chi connectivity index (χ0n) is 10.2. The SMILES string of the molecule is CCS(=O)(=O)CCCC(N)c1cc(Cl)cc(Br)c1. The standard InChI is InChI=1S/C12H17BrClNO2S/c1-2-18(16,17)5-3-4-12(15)9-6-10(13)8-11(14)7-9/h6-8,12H,2-5,15H2,1H3. The van der Waals surface area contributed by atoms with Gasteiger partial charge in [0, 0.05) is 21.3 Å². The van der Waals surface area contributed by atoms with E-state index >= 15 is 0 Å². The quantitative estimate of drug-likeness (QED) is 0.852. The summed E-state index contributed by atoms with van der Waals surface area (Å²) in [6, 6.07) is 5.32. The van der Waals surface area contributed by atoms with E-state index in [0.717, 1.165) is 10.0 Å². The fraction of sp³-hybridized carbons (Fsp3) is 0.500. The van der Waals surface area contributed by atoms with Crippen molar-refractivity contribution in [1.82, 2.24) is 0 Å².